The van der Waals surface area contributed by atoms with Crippen LogP contribution in [0.1, 0.15) is 24.8 Å². The zero-order valence-electron chi connectivity index (χ0n) is 11.4. The first-order valence-corrected chi connectivity index (χ1v) is 7.64. The van der Waals surface area contributed by atoms with Gasteiger partial charge in [0.15, 0.2) is 0 Å². The first kappa shape index (κ1) is 14.5. The molecule has 1 aliphatic rings. The molecule has 19 heavy (non-hydrogen) atoms. The van der Waals surface area contributed by atoms with Crippen molar-refractivity contribution in [2.24, 2.45) is 5.92 Å². The summed E-state index contributed by atoms with van der Waals surface area (Å²) >= 11 is 3.53. The molecule has 1 saturated heterocycles. The Hall–Kier alpha value is -0.870. The quantitative estimate of drug-likeness (QED) is 0.923. The van der Waals surface area contributed by atoms with Gasteiger partial charge < -0.3 is 10.2 Å². The molecule has 1 aromatic rings. The van der Waals surface area contributed by atoms with Gasteiger partial charge in [0, 0.05) is 24.5 Å². The van der Waals surface area contributed by atoms with E-state index in [4.69, 9.17) is 0 Å². The van der Waals surface area contributed by atoms with Crippen LogP contribution >= 0.6 is 15.9 Å². The summed E-state index contributed by atoms with van der Waals surface area (Å²) in [6, 6.07) is 8.06. The standard InChI is InChI=1S/C15H21BrN2O/c1-18(11-13-4-2-3-5-14(13)16)15(19)10-12-6-8-17-9-7-12/h2-5,12,17H,6-11H2,1H3. The fourth-order valence-electron chi connectivity index (χ4n) is 2.46. The van der Waals surface area contributed by atoms with Crippen LogP contribution in [0.5, 0.6) is 0 Å². The van der Waals surface area contributed by atoms with Crippen molar-refractivity contribution in [2.45, 2.75) is 25.8 Å². The number of nitrogens with one attached hydrogen (secondary N) is 1. The number of benzene rings is 1. The number of piperidine rings is 1. The minimum atomic E-state index is 0.252. The lowest BCUT2D eigenvalue weighted by atomic mass is 9.94. The van der Waals surface area contributed by atoms with E-state index in [1.54, 1.807) is 0 Å². The molecule has 0 aromatic heterocycles. The van der Waals surface area contributed by atoms with Gasteiger partial charge in [0.25, 0.3) is 0 Å². The van der Waals surface area contributed by atoms with Gasteiger partial charge in [-0.3, -0.25) is 4.79 Å². The van der Waals surface area contributed by atoms with E-state index in [1.807, 2.05) is 30.1 Å². The summed E-state index contributed by atoms with van der Waals surface area (Å²) in [5, 5.41) is 3.33. The molecule has 4 heteroatoms. The van der Waals surface area contributed by atoms with Crippen LogP contribution in [-0.4, -0.2) is 30.9 Å². The van der Waals surface area contributed by atoms with Crippen LogP contribution in [0, 0.1) is 5.92 Å². The molecular formula is C15H21BrN2O. The molecule has 2 rings (SSSR count). The van der Waals surface area contributed by atoms with Gasteiger partial charge in [0.2, 0.25) is 5.91 Å². The summed E-state index contributed by atoms with van der Waals surface area (Å²) in [5.41, 5.74) is 1.16. The Labute approximate surface area is 123 Å². The SMILES string of the molecule is CN(Cc1ccccc1Br)C(=O)CC1CCNCC1. The summed E-state index contributed by atoms with van der Waals surface area (Å²) < 4.78 is 1.07. The maximum Gasteiger partial charge on any atom is 0.222 e. The van der Waals surface area contributed by atoms with Gasteiger partial charge in [-0.25, -0.2) is 0 Å². The van der Waals surface area contributed by atoms with Crippen molar-refractivity contribution in [2.75, 3.05) is 20.1 Å². The van der Waals surface area contributed by atoms with Crippen LogP contribution in [0.3, 0.4) is 0 Å². The van der Waals surface area contributed by atoms with Crippen molar-refractivity contribution in [1.29, 1.82) is 0 Å². The Morgan fingerprint density at radius 1 is 1.37 bits per heavy atom. The number of hydrogen-bond acceptors (Lipinski definition) is 2. The van der Waals surface area contributed by atoms with E-state index in [9.17, 15) is 4.79 Å². The minimum Gasteiger partial charge on any atom is -0.341 e. The van der Waals surface area contributed by atoms with Crippen molar-refractivity contribution >= 4 is 21.8 Å². The van der Waals surface area contributed by atoms with Gasteiger partial charge >= 0.3 is 0 Å². The molecule has 1 fully saturated rings. The number of halogens is 1. The molecule has 0 atom stereocenters. The van der Waals surface area contributed by atoms with Crippen molar-refractivity contribution < 1.29 is 4.79 Å². The Morgan fingerprint density at radius 3 is 2.74 bits per heavy atom. The Bertz CT molecular complexity index is 430. The molecule has 1 heterocycles. The third kappa shape index (κ3) is 4.32. The van der Waals surface area contributed by atoms with E-state index < -0.39 is 0 Å². The fourth-order valence-corrected chi connectivity index (χ4v) is 2.87. The molecule has 0 spiro atoms. The highest BCUT2D eigenvalue weighted by atomic mass is 79.9. The van der Waals surface area contributed by atoms with Crippen molar-refractivity contribution in [1.82, 2.24) is 10.2 Å². The monoisotopic (exact) mass is 324 g/mol. The highest BCUT2D eigenvalue weighted by molar-refractivity contribution is 9.10. The predicted octanol–water partition coefficient (Wildman–Crippen LogP) is 2.80. The van der Waals surface area contributed by atoms with E-state index in [1.165, 1.54) is 0 Å². The van der Waals surface area contributed by atoms with E-state index >= 15 is 0 Å². The first-order valence-electron chi connectivity index (χ1n) is 6.85. The minimum absolute atomic E-state index is 0.252. The number of nitrogens with zero attached hydrogens (tertiary/aromatic N) is 1. The lowest BCUT2D eigenvalue weighted by Crippen LogP contribution is -2.33. The van der Waals surface area contributed by atoms with Crippen LogP contribution in [-0.2, 0) is 11.3 Å². The number of carbonyl (C=O) groups is 1. The topological polar surface area (TPSA) is 32.3 Å². The highest BCUT2D eigenvalue weighted by Crippen LogP contribution is 2.20. The molecule has 0 saturated carbocycles. The third-order valence-corrected chi connectivity index (χ3v) is 4.49. The molecule has 1 aromatic carbocycles. The number of amides is 1. The number of hydrogen-bond donors (Lipinski definition) is 1. The van der Waals surface area contributed by atoms with Gasteiger partial charge in [-0.2, -0.15) is 0 Å². The summed E-state index contributed by atoms with van der Waals surface area (Å²) in [6.45, 7) is 2.77. The maximum absolute atomic E-state index is 12.2. The van der Waals surface area contributed by atoms with E-state index in [2.05, 4.69) is 27.3 Å². The molecule has 1 aliphatic heterocycles. The Kier molecular flexibility index (Phi) is 5.40. The molecular weight excluding hydrogens is 304 g/mol. The fraction of sp³-hybridized carbons (Fsp3) is 0.533. The molecule has 0 bridgehead atoms. The molecule has 3 nitrogen and oxygen atoms in total. The highest BCUT2D eigenvalue weighted by Gasteiger charge is 2.19. The Morgan fingerprint density at radius 2 is 2.05 bits per heavy atom. The third-order valence-electron chi connectivity index (χ3n) is 3.71. The van der Waals surface area contributed by atoms with E-state index in [0.717, 1.165) is 36.0 Å². The molecule has 0 unspecified atom stereocenters. The lowest BCUT2D eigenvalue weighted by Gasteiger charge is -2.25. The average molecular weight is 325 g/mol. The molecule has 1 amide bonds. The van der Waals surface area contributed by atoms with E-state index in [-0.39, 0.29) is 5.91 Å². The summed E-state index contributed by atoms with van der Waals surface area (Å²) in [4.78, 5) is 14.1. The van der Waals surface area contributed by atoms with Gasteiger partial charge in [-0.15, -0.1) is 0 Å². The predicted molar refractivity (Wildman–Crippen MR) is 80.8 cm³/mol. The number of carbonyl (C=O) groups excluding carboxylic acids is 1. The second-order valence-corrected chi connectivity index (χ2v) is 6.09. The molecule has 0 radical (unpaired) electrons. The largest absolute Gasteiger partial charge is 0.341 e. The van der Waals surface area contributed by atoms with Crippen LogP contribution in [0.4, 0.5) is 0 Å². The first-order chi connectivity index (χ1) is 9.16. The van der Waals surface area contributed by atoms with Crippen molar-refractivity contribution in [3.63, 3.8) is 0 Å². The zero-order chi connectivity index (χ0) is 13.7. The summed E-state index contributed by atoms with van der Waals surface area (Å²) in [6.07, 6.45) is 2.92. The van der Waals surface area contributed by atoms with Gasteiger partial charge in [-0.05, 0) is 43.5 Å². The lowest BCUT2D eigenvalue weighted by molar-refractivity contribution is -0.131. The van der Waals surface area contributed by atoms with Gasteiger partial charge in [0.05, 0.1) is 0 Å². The van der Waals surface area contributed by atoms with Crippen LogP contribution < -0.4 is 5.32 Å². The van der Waals surface area contributed by atoms with Gasteiger partial charge in [0.1, 0.15) is 0 Å². The van der Waals surface area contributed by atoms with Crippen LogP contribution in [0.2, 0.25) is 0 Å². The molecule has 104 valence electrons. The van der Waals surface area contributed by atoms with E-state index in [0.29, 0.717) is 18.9 Å². The van der Waals surface area contributed by atoms with Crippen molar-refractivity contribution in [3.8, 4) is 0 Å². The number of rotatable bonds is 4. The smallest absolute Gasteiger partial charge is 0.222 e. The average Bonchev–Trinajstić information content (AvgIpc) is 2.42. The van der Waals surface area contributed by atoms with Crippen LogP contribution in [0.25, 0.3) is 0 Å². The molecule has 1 N–H and O–H groups in total. The second-order valence-electron chi connectivity index (χ2n) is 5.24. The second kappa shape index (κ2) is 7.06. The van der Waals surface area contributed by atoms with Crippen LogP contribution in [0.15, 0.2) is 28.7 Å². The zero-order valence-corrected chi connectivity index (χ0v) is 12.9. The van der Waals surface area contributed by atoms with Crippen molar-refractivity contribution in [3.05, 3.63) is 34.3 Å². The summed E-state index contributed by atoms with van der Waals surface area (Å²) in [7, 11) is 1.89. The molecule has 0 aliphatic carbocycles. The Balaban J connectivity index is 1.87. The van der Waals surface area contributed by atoms with Gasteiger partial charge in [-0.1, -0.05) is 34.1 Å². The maximum atomic E-state index is 12.2. The normalized spacial score (nSPS) is 16.3. The summed E-state index contributed by atoms with van der Waals surface area (Å²) in [5.74, 6) is 0.804.